The summed E-state index contributed by atoms with van der Waals surface area (Å²) in [6, 6.07) is 63.0. The third-order valence-corrected chi connectivity index (χ3v) is 14.6. The Bertz CT molecular complexity index is 4430. The Hall–Kier alpha value is -8.66. The second kappa shape index (κ2) is 14.9. The molecule has 0 aliphatic heterocycles. The van der Waals surface area contributed by atoms with Gasteiger partial charge in [-0.1, -0.05) is 189 Å². The number of hydrogen-bond acceptors (Lipinski definition) is 3. The summed E-state index contributed by atoms with van der Waals surface area (Å²) in [4.78, 5) is 0. The van der Waals surface area contributed by atoms with Crippen LogP contribution in [0.25, 0.3) is 122 Å². The van der Waals surface area contributed by atoms with Gasteiger partial charge < -0.3 is 13.3 Å². The van der Waals surface area contributed by atoms with Crippen molar-refractivity contribution in [3.8, 4) is 22.3 Å². The maximum absolute atomic E-state index is 6.96. The minimum atomic E-state index is 0.0482. The molecule has 0 bridgehead atoms. The number of furan rings is 3. The maximum atomic E-state index is 6.96. The van der Waals surface area contributed by atoms with E-state index < -0.39 is 0 Å². The van der Waals surface area contributed by atoms with Crippen molar-refractivity contribution in [2.75, 3.05) is 0 Å². The van der Waals surface area contributed by atoms with Crippen LogP contribution in [0.2, 0.25) is 0 Å². The number of fused-ring (bicyclic) bond motifs is 11. The molecular weight excluding hydrogens is 829 g/mol. The molecule has 3 heteroatoms. The van der Waals surface area contributed by atoms with Crippen LogP contribution < -0.4 is 21.1 Å². The number of allylic oxidation sites excluding steroid dienone is 6. The van der Waals surface area contributed by atoms with Crippen LogP contribution in [-0.2, 0) is 0 Å². The van der Waals surface area contributed by atoms with Crippen LogP contribution in [0.3, 0.4) is 0 Å². The van der Waals surface area contributed by atoms with Gasteiger partial charge in [0.05, 0.1) is 0 Å². The third-order valence-electron chi connectivity index (χ3n) is 14.6. The fourth-order valence-electron chi connectivity index (χ4n) is 11.8. The Morgan fingerprint density at radius 2 is 1.06 bits per heavy atom. The molecular formula is C65H42O3. The van der Waals surface area contributed by atoms with E-state index in [0.29, 0.717) is 0 Å². The van der Waals surface area contributed by atoms with E-state index in [1.165, 1.54) is 59.8 Å². The highest BCUT2D eigenvalue weighted by Gasteiger charge is 2.34. The van der Waals surface area contributed by atoms with Gasteiger partial charge >= 0.3 is 0 Å². The summed E-state index contributed by atoms with van der Waals surface area (Å²) in [5, 5.41) is 13.5. The number of para-hydroxylation sites is 3. The average Bonchev–Trinajstić information content (AvgIpc) is 4.07. The first kappa shape index (κ1) is 38.6. The molecule has 12 aromatic rings. The molecule has 2 unspecified atom stereocenters. The average molecular weight is 871 g/mol. The van der Waals surface area contributed by atoms with Crippen molar-refractivity contribution in [1.29, 1.82) is 0 Å². The monoisotopic (exact) mass is 870 g/mol. The summed E-state index contributed by atoms with van der Waals surface area (Å²) >= 11 is 0. The van der Waals surface area contributed by atoms with Crippen molar-refractivity contribution < 1.29 is 13.3 Å². The maximum Gasteiger partial charge on any atom is 0.143 e. The van der Waals surface area contributed by atoms with E-state index in [1.807, 2.05) is 18.2 Å². The fraction of sp³-hybridized carbons (Fsp3) is 0.0462. The molecule has 0 N–H and O–H groups in total. The van der Waals surface area contributed by atoms with Crippen LogP contribution in [0.15, 0.2) is 226 Å². The molecule has 0 amide bonds. The van der Waals surface area contributed by atoms with Crippen LogP contribution in [-0.4, -0.2) is 0 Å². The SMILES string of the molecule is C=c1/c(=C(\C=C/C)C2=c3ccccc3=C(c3cccc4oc5cc(-c6c7ccccc7c(-c7cccc8c7oc7ccccc78)c7ccccc67)ccc5c34)C3C=CC=CC23)oc2ccccc12. The molecule has 3 aromatic heterocycles. The molecule has 2 aliphatic rings. The summed E-state index contributed by atoms with van der Waals surface area (Å²) in [5.41, 5.74) is 14.5. The van der Waals surface area contributed by atoms with Gasteiger partial charge in [0, 0.05) is 60.7 Å². The summed E-state index contributed by atoms with van der Waals surface area (Å²) in [5.74, 6) is 0.103. The summed E-state index contributed by atoms with van der Waals surface area (Å²) < 4.78 is 20.3. The van der Waals surface area contributed by atoms with E-state index in [-0.39, 0.29) is 11.8 Å². The van der Waals surface area contributed by atoms with Crippen LogP contribution >= 0.6 is 0 Å². The van der Waals surface area contributed by atoms with Crippen LogP contribution in [0, 0.1) is 11.8 Å². The molecule has 0 saturated heterocycles. The Labute approximate surface area is 391 Å². The van der Waals surface area contributed by atoms with Crippen molar-refractivity contribution in [1.82, 2.24) is 0 Å². The van der Waals surface area contributed by atoms with E-state index in [0.717, 1.165) is 82.2 Å². The fourth-order valence-corrected chi connectivity index (χ4v) is 11.8. The second-order valence-electron chi connectivity index (χ2n) is 18.1. The van der Waals surface area contributed by atoms with E-state index >= 15 is 0 Å². The number of benzene rings is 9. The van der Waals surface area contributed by atoms with Gasteiger partial charge in [-0.25, -0.2) is 0 Å². The minimum Gasteiger partial charge on any atom is -0.456 e. The molecule has 0 spiro atoms. The van der Waals surface area contributed by atoms with Crippen LogP contribution in [0.1, 0.15) is 12.5 Å². The third kappa shape index (κ3) is 5.53. The molecule has 14 rings (SSSR count). The molecule has 2 atom stereocenters. The first-order valence-corrected chi connectivity index (χ1v) is 23.5. The zero-order chi connectivity index (χ0) is 45.0. The lowest BCUT2D eigenvalue weighted by atomic mass is 9.69. The summed E-state index contributed by atoms with van der Waals surface area (Å²) in [7, 11) is 0. The van der Waals surface area contributed by atoms with Crippen LogP contribution in [0.5, 0.6) is 0 Å². The van der Waals surface area contributed by atoms with E-state index in [2.05, 4.69) is 208 Å². The lowest BCUT2D eigenvalue weighted by Crippen LogP contribution is -2.41. The Morgan fingerprint density at radius 3 is 1.79 bits per heavy atom. The van der Waals surface area contributed by atoms with E-state index in [9.17, 15) is 0 Å². The summed E-state index contributed by atoms with van der Waals surface area (Å²) in [6.45, 7) is 6.64. The van der Waals surface area contributed by atoms with Crippen molar-refractivity contribution in [3.05, 3.63) is 239 Å². The molecule has 68 heavy (non-hydrogen) atoms. The molecule has 9 aromatic carbocycles. The standard InChI is InChI=1S/C65H42O3/c1-3-18-53(64-38(2)40-19-12-14-32-55(40)67-64)61-48-27-10-8-25-46(48)60(47-26-9-11-28-49(47)61)52-30-17-34-57-63(52)51-36-35-39(37-58(51)66-57)59-42-21-4-6-23-44(42)62(45-24-7-5-22-43(45)59)54-31-16-29-50-41-20-13-15-33-56(41)68-65(50)54/h3-37,46,48H,2H2,1H3/b18-3-,64-53-. The van der Waals surface area contributed by atoms with Crippen molar-refractivity contribution in [3.63, 3.8) is 0 Å². The number of rotatable bonds is 5. The molecule has 0 fully saturated rings. The molecule has 2 aliphatic carbocycles. The predicted octanol–water partition coefficient (Wildman–Crippen LogP) is 14.4. The lowest BCUT2D eigenvalue weighted by Gasteiger charge is -2.33. The van der Waals surface area contributed by atoms with Gasteiger partial charge in [-0.2, -0.15) is 0 Å². The largest absolute Gasteiger partial charge is 0.456 e. The van der Waals surface area contributed by atoms with Gasteiger partial charge in [-0.15, -0.1) is 0 Å². The first-order valence-electron chi connectivity index (χ1n) is 23.5. The topological polar surface area (TPSA) is 39.4 Å². The minimum absolute atomic E-state index is 0.0482. The van der Waals surface area contributed by atoms with Gasteiger partial charge in [-0.05, 0) is 97.1 Å². The molecule has 320 valence electrons. The molecule has 0 radical (unpaired) electrons. The van der Waals surface area contributed by atoms with Gasteiger partial charge in [0.15, 0.2) is 0 Å². The second-order valence-corrected chi connectivity index (χ2v) is 18.1. The van der Waals surface area contributed by atoms with Gasteiger partial charge in [0.2, 0.25) is 0 Å². The molecule has 3 nitrogen and oxygen atoms in total. The zero-order valence-corrected chi connectivity index (χ0v) is 37.3. The molecule has 3 heterocycles. The van der Waals surface area contributed by atoms with E-state index in [1.54, 1.807) is 0 Å². The van der Waals surface area contributed by atoms with Crippen molar-refractivity contribution >= 4 is 99.7 Å². The quantitative estimate of drug-likeness (QED) is 0.162. The Kier molecular flexibility index (Phi) is 8.47. The zero-order valence-electron chi connectivity index (χ0n) is 37.3. The first-order chi connectivity index (χ1) is 33.6. The van der Waals surface area contributed by atoms with Crippen molar-refractivity contribution in [2.45, 2.75) is 6.92 Å². The Morgan fingerprint density at radius 1 is 0.471 bits per heavy atom. The number of hydrogen-bond donors (Lipinski definition) is 0. The molecule has 0 saturated carbocycles. The lowest BCUT2D eigenvalue weighted by molar-refractivity contribution is 0.572. The predicted molar refractivity (Wildman–Crippen MR) is 283 cm³/mol. The van der Waals surface area contributed by atoms with Crippen molar-refractivity contribution in [2.24, 2.45) is 11.8 Å². The van der Waals surface area contributed by atoms with Gasteiger partial charge in [-0.3, -0.25) is 0 Å². The smallest absolute Gasteiger partial charge is 0.143 e. The van der Waals surface area contributed by atoms with Gasteiger partial charge in [0.25, 0.3) is 0 Å². The highest BCUT2D eigenvalue weighted by Crippen LogP contribution is 2.48. The van der Waals surface area contributed by atoms with Gasteiger partial charge in [0.1, 0.15) is 33.3 Å². The highest BCUT2D eigenvalue weighted by atomic mass is 16.3. The normalized spacial score (nSPS) is 16.4. The van der Waals surface area contributed by atoms with Crippen LogP contribution in [0.4, 0.5) is 0 Å². The van der Waals surface area contributed by atoms with E-state index in [4.69, 9.17) is 13.3 Å². The highest BCUT2D eigenvalue weighted by molar-refractivity contribution is 6.25. The Balaban J connectivity index is 1.00. The summed E-state index contributed by atoms with van der Waals surface area (Å²) in [6.07, 6.45) is 13.5.